The molecule has 2 heterocycles. The lowest BCUT2D eigenvalue weighted by atomic mass is 10.5. The first-order valence-corrected chi connectivity index (χ1v) is 3.02. The van der Waals surface area contributed by atoms with Crippen LogP contribution in [0.3, 0.4) is 0 Å². The minimum absolute atomic E-state index is 0.524. The fourth-order valence-corrected chi connectivity index (χ4v) is 0.870. The van der Waals surface area contributed by atoms with Crippen LogP contribution >= 0.6 is 0 Å². The molecule has 0 aliphatic carbocycles. The average molecular weight is 150 g/mol. The molecular weight excluding hydrogens is 144 g/mol. The van der Waals surface area contributed by atoms with Crippen LogP contribution in [0, 0.1) is 0 Å². The van der Waals surface area contributed by atoms with Crippen molar-refractivity contribution in [2.24, 2.45) is 5.84 Å². The first kappa shape index (κ1) is 6.05. The van der Waals surface area contributed by atoms with Crippen molar-refractivity contribution < 1.29 is 0 Å². The van der Waals surface area contributed by atoms with Crippen molar-refractivity contribution in [2.45, 2.75) is 0 Å². The van der Waals surface area contributed by atoms with Crippen molar-refractivity contribution >= 4 is 17.0 Å². The molecular formula is C5H6N6. The predicted molar refractivity (Wildman–Crippen MR) is 39.5 cm³/mol. The molecule has 0 bridgehead atoms. The summed E-state index contributed by atoms with van der Waals surface area (Å²) in [5, 5.41) is 0. The lowest BCUT2D eigenvalue weighted by molar-refractivity contribution is 1.17. The van der Waals surface area contributed by atoms with E-state index < -0.39 is 0 Å². The first-order chi connectivity index (χ1) is 5.42. The van der Waals surface area contributed by atoms with E-state index in [0.29, 0.717) is 17.0 Å². The molecule has 0 atom stereocenters. The van der Waals surface area contributed by atoms with Crippen molar-refractivity contribution in [3.05, 3.63) is 12.7 Å². The van der Waals surface area contributed by atoms with Crippen LogP contribution in [0.2, 0.25) is 0 Å². The molecule has 0 fully saturated rings. The second-order valence-electron chi connectivity index (χ2n) is 1.97. The van der Waals surface area contributed by atoms with Crippen LogP contribution in [0.25, 0.3) is 11.2 Å². The molecule has 6 nitrogen and oxygen atoms in total. The number of nitrogens with one attached hydrogen (secondary N) is 2. The molecule has 0 radical (unpaired) electrons. The maximum atomic E-state index is 5.18. The van der Waals surface area contributed by atoms with E-state index in [1.807, 2.05) is 0 Å². The van der Waals surface area contributed by atoms with Crippen LogP contribution < -0.4 is 11.3 Å². The number of hydrogen-bond donors (Lipinski definition) is 3. The highest BCUT2D eigenvalue weighted by Gasteiger charge is 2.02. The van der Waals surface area contributed by atoms with Gasteiger partial charge in [-0.15, -0.1) is 0 Å². The molecule has 0 aromatic carbocycles. The number of imidazole rings is 1. The summed E-state index contributed by atoms with van der Waals surface area (Å²) in [5.74, 6) is 5.71. The van der Waals surface area contributed by atoms with E-state index in [1.54, 1.807) is 6.33 Å². The van der Waals surface area contributed by atoms with Gasteiger partial charge < -0.3 is 10.4 Å². The van der Waals surface area contributed by atoms with Crippen molar-refractivity contribution in [2.75, 3.05) is 5.43 Å². The number of nitrogen functional groups attached to an aromatic ring is 1. The lowest BCUT2D eigenvalue weighted by Gasteiger charge is -1.95. The summed E-state index contributed by atoms with van der Waals surface area (Å²) in [4.78, 5) is 14.6. The SMILES string of the molecule is NNc1ncnc2[nH]cnc12. The first-order valence-electron chi connectivity index (χ1n) is 3.02. The summed E-state index contributed by atoms with van der Waals surface area (Å²) in [6.45, 7) is 0. The van der Waals surface area contributed by atoms with E-state index in [1.165, 1.54) is 6.33 Å². The smallest absolute Gasteiger partial charge is 0.171 e. The Morgan fingerprint density at radius 3 is 3.09 bits per heavy atom. The molecule has 0 unspecified atom stereocenters. The van der Waals surface area contributed by atoms with E-state index >= 15 is 0 Å². The van der Waals surface area contributed by atoms with Crippen LogP contribution in [0.15, 0.2) is 12.7 Å². The minimum atomic E-state index is 0.524. The molecule has 0 saturated carbocycles. The summed E-state index contributed by atoms with van der Waals surface area (Å²) in [5.41, 5.74) is 3.74. The van der Waals surface area contributed by atoms with Gasteiger partial charge in [0.25, 0.3) is 0 Å². The number of aromatic amines is 1. The molecule has 2 aromatic rings. The third kappa shape index (κ3) is 0.802. The predicted octanol–water partition coefficient (Wildman–Crippen LogP) is -0.362. The Balaban J connectivity index is 2.79. The zero-order valence-electron chi connectivity index (χ0n) is 5.57. The Labute approximate surface area is 61.8 Å². The van der Waals surface area contributed by atoms with Crippen LogP contribution in [0.4, 0.5) is 5.82 Å². The Hall–Kier alpha value is -1.69. The summed E-state index contributed by atoms with van der Waals surface area (Å²) < 4.78 is 0. The number of aromatic nitrogens is 4. The Morgan fingerprint density at radius 1 is 1.36 bits per heavy atom. The van der Waals surface area contributed by atoms with Crippen molar-refractivity contribution in [3.63, 3.8) is 0 Å². The molecule has 0 saturated heterocycles. The largest absolute Gasteiger partial charge is 0.329 e. The van der Waals surface area contributed by atoms with Gasteiger partial charge in [0.2, 0.25) is 0 Å². The van der Waals surface area contributed by atoms with Gasteiger partial charge in [0.15, 0.2) is 17.0 Å². The second kappa shape index (κ2) is 2.17. The van der Waals surface area contributed by atoms with Gasteiger partial charge in [-0.2, -0.15) is 0 Å². The Bertz CT molecular complexity index is 366. The molecule has 4 N–H and O–H groups in total. The zero-order chi connectivity index (χ0) is 7.68. The highest BCUT2D eigenvalue weighted by Crippen LogP contribution is 2.11. The van der Waals surface area contributed by atoms with Crippen LogP contribution in [0.1, 0.15) is 0 Å². The fraction of sp³-hybridized carbons (Fsp3) is 0. The van der Waals surface area contributed by atoms with Gasteiger partial charge >= 0.3 is 0 Å². The van der Waals surface area contributed by atoms with Gasteiger partial charge in [0.05, 0.1) is 6.33 Å². The van der Waals surface area contributed by atoms with Gasteiger partial charge in [0, 0.05) is 0 Å². The molecule has 6 heteroatoms. The van der Waals surface area contributed by atoms with Crippen LogP contribution in [-0.4, -0.2) is 19.9 Å². The van der Waals surface area contributed by atoms with E-state index in [9.17, 15) is 0 Å². The fourth-order valence-electron chi connectivity index (χ4n) is 0.870. The normalized spacial score (nSPS) is 10.3. The third-order valence-electron chi connectivity index (χ3n) is 1.35. The average Bonchev–Trinajstić information content (AvgIpc) is 2.50. The van der Waals surface area contributed by atoms with E-state index in [0.717, 1.165) is 0 Å². The number of anilines is 1. The highest BCUT2D eigenvalue weighted by molar-refractivity contribution is 5.81. The Morgan fingerprint density at radius 2 is 2.27 bits per heavy atom. The van der Waals surface area contributed by atoms with Gasteiger partial charge in [-0.05, 0) is 0 Å². The molecule has 0 spiro atoms. The van der Waals surface area contributed by atoms with E-state index in [-0.39, 0.29) is 0 Å². The second-order valence-corrected chi connectivity index (χ2v) is 1.97. The maximum Gasteiger partial charge on any atom is 0.171 e. The maximum absolute atomic E-state index is 5.18. The molecule has 11 heavy (non-hydrogen) atoms. The van der Waals surface area contributed by atoms with Gasteiger partial charge in [-0.3, -0.25) is 0 Å². The number of H-pyrrole nitrogens is 1. The van der Waals surface area contributed by atoms with Crippen LogP contribution in [0.5, 0.6) is 0 Å². The monoisotopic (exact) mass is 150 g/mol. The number of nitrogens with zero attached hydrogens (tertiary/aromatic N) is 3. The summed E-state index contributed by atoms with van der Waals surface area (Å²) in [6, 6.07) is 0. The molecule has 0 amide bonds. The molecule has 0 aliphatic rings. The number of hydrazine groups is 1. The van der Waals surface area contributed by atoms with Gasteiger partial charge in [-0.1, -0.05) is 0 Å². The number of rotatable bonds is 1. The molecule has 56 valence electrons. The Kier molecular flexibility index (Phi) is 1.19. The lowest BCUT2D eigenvalue weighted by Crippen LogP contribution is -2.09. The van der Waals surface area contributed by atoms with E-state index in [4.69, 9.17) is 5.84 Å². The van der Waals surface area contributed by atoms with Gasteiger partial charge in [-0.25, -0.2) is 20.8 Å². The number of hydrogen-bond acceptors (Lipinski definition) is 5. The number of nitrogens with two attached hydrogens (primary N) is 1. The summed E-state index contributed by atoms with van der Waals surface area (Å²) in [6.07, 6.45) is 2.95. The number of fused-ring (bicyclic) bond motifs is 1. The summed E-state index contributed by atoms with van der Waals surface area (Å²) >= 11 is 0. The standard InChI is InChI=1S/C5H6N6/c6-11-5-3-4(8-1-7-3)9-2-10-5/h1-2H,6H2,(H2,7,8,9,10,11). The molecule has 2 rings (SSSR count). The topological polar surface area (TPSA) is 92.5 Å². The van der Waals surface area contributed by atoms with Crippen molar-refractivity contribution in [1.29, 1.82) is 0 Å². The van der Waals surface area contributed by atoms with Crippen molar-refractivity contribution in [1.82, 2.24) is 19.9 Å². The van der Waals surface area contributed by atoms with Gasteiger partial charge in [0.1, 0.15) is 6.33 Å². The molecule has 0 aliphatic heterocycles. The van der Waals surface area contributed by atoms with Crippen molar-refractivity contribution in [3.8, 4) is 0 Å². The zero-order valence-corrected chi connectivity index (χ0v) is 5.57. The van der Waals surface area contributed by atoms with E-state index in [2.05, 4.69) is 25.4 Å². The minimum Gasteiger partial charge on any atom is -0.329 e. The van der Waals surface area contributed by atoms with Crippen LogP contribution in [-0.2, 0) is 0 Å². The molecule has 2 aromatic heterocycles. The highest BCUT2D eigenvalue weighted by atomic mass is 15.3. The summed E-state index contributed by atoms with van der Waals surface area (Å²) in [7, 11) is 0. The third-order valence-corrected chi connectivity index (χ3v) is 1.35. The quantitative estimate of drug-likeness (QED) is 0.381.